The zero-order valence-electron chi connectivity index (χ0n) is 10.3. The van der Waals surface area contributed by atoms with E-state index in [4.69, 9.17) is 9.47 Å². The van der Waals surface area contributed by atoms with Crippen molar-refractivity contribution in [3.05, 3.63) is 23.8 Å². The lowest BCUT2D eigenvalue weighted by molar-refractivity contribution is 0.00375. The molecular formula is C13H19NO3. The van der Waals surface area contributed by atoms with Crippen LogP contribution in [-0.4, -0.2) is 32.4 Å². The number of benzene rings is 1. The maximum atomic E-state index is 10.7. The highest BCUT2D eigenvalue weighted by molar-refractivity contribution is 5.44. The zero-order valence-corrected chi connectivity index (χ0v) is 10.3. The molecule has 0 aliphatic carbocycles. The number of aliphatic hydroxyl groups is 1. The van der Waals surface area contributed by atoms with E-state index in [2.05, 4.69) is 5.32 Å². The van der Waals surface area contributed by atoms with Crippen LogP contribution in [0.2, 0.25) is 0 Å². The highest BCUT2D eigenvalue weighted by Gasteiger charge is 2.34. The molecule has 4 nitrogen and oxygen atoms in total. The van der Waals surface area contributed by atoms with Gasteiger partial charge < -0.3 is 19.9 Å². The standard InChI is InChI=1S/C13H19NO3/c1-16-10-3-4-12(17-2)11(9-10)13(15)5-7-14-8-6-13/h3-4,9,14-15H,5-8H2,1-2H3. The summed E-state index contributed by atoms with van der Waals surface area (Å²) in [5, 5.41) is 13.9. The van der Waals surface area contributed by atoms with Gasteiger partial charge in [-0.3, -0.25) is 0 Å². The lowest BCUT2D eigenvalue weighted by Crippen LogP contribution is -2.39. The molecule has 0 unspecified atom stereocenters. The molecule has 1 saturated heterocycles. The maximum Gasteiger partial charge on any atom is 0.125 e. The first-order valence-electron chi connectivity index (χ1n) is 5.85. The van der Waals surface area contributed by atoms with Gasteiger partial charge in [-0.2, -0.15) is 0 Å². The topological polar surface area (TPSA) is 50.7 Å². The summed E-state index contributed by atoms with van der Waals surface area (Å²) in [6.45, 7) is 1.63. The molecule has 2 N–H and O–H groups in total. The Morgan fingerprint density at radius 3 is 2.47 bits per heavy atom. The number of rotatable bonds is 3. The summed E-state index contributed by atoms with van der Waals surface area (Å²) in [7, 11) is 3.24. The van der Waals surface area contributed by atoms with Crippen LogP contribution in [-0.2, 0) is 5.60 Å². The molecule has 0 amide bonds. The summed E-state index contributed by atoms with van der Waals surface area (Å²) in [6, 6.07) is 5.55. The predicted molar refractivity (Wildman–Crippen MR) is 65.5 cm³/mol. The van der Waals surface area contributed by atoms with Gasteiger partial charge in [0, 0.05) is 5.56 Å². The Hall–Kier alpha value is -1.26. The van der Waals surface area contributed by atoms with Gasteiger partial charge in [-0.25, -0.2) is 0 Å². The van der Waals surface area contributed by atoms with Crippen LogP contribution in [0.15, 0.2) is 18.2 Å². The van der Waals surface area contributed by atoms with Crippen molar-refractivity contribution in [1.82, 2.24) is 5.32 Å². The van der Waals surface area contributed by atoms with Crippen molar-refractivity contribution in [2.24, 2.45) is 0 Å². The largest absolute Gasteiger partial charge is 0.497 e. The smallest absolute Gasteiger partial charge is 0.125 e. The molecule has 0 radical (unpaired) electrons. The van der Waals surface area contributed by atoms with E-state index in [1.807, 2.05) is 18.2 Å². The quantitative estimate of drug-likeness (QED) is 0.831. The van der Waals surface area contributed by atoms with E-state index in [0.29, 0.717) is 12.8 Å². The molecule has 0 atom stereocenters. The van der Waals surface area contributed by atoms with Crippen LogP contribution in [0.25, 0.3) is 0 Å². The van der Waals surface area contributed by atoms with E-state index < -0.39 is 5.60 Å². The van der Waals surface area contributed by atoms with E-state index in [9.17, 15) is 5.11 Å². The Kier molecular flexibility index (Phi) is 3.54. The van der Waals surface area contributed by atoms with Crippen LogP contribution in [0, 0.1) is 0 Å². The van der Waals surface area contributed by atoms with Gasteiger partial charge in [0.05, 0.1) is 19.8 Å². The summed E-state index contributed by atoms with van der Waals surface area (Å²) in [5.74, 6) is 1.46. The fourth-order valence-corrected chi connectivity index (χ4v) is 2.29. The van der Waals surface area contributed by atoms with Crippen LogP contribution >= 0.6 is 0 Å². The summed E-state index contributed by atoms with van der Waals surface area (Å²) < 4.78 is 10.5. The minimum atomic E-state index is -0.814. The third-order valence-electron chi connectivity index (χ3n) is 3.34. The van der Waals surface area contributed by atoms with Crippen molar-refractivity contribution in [3.8, 4) is 11.5 Å². The third-order valence-corrected chi connectivity index (χ3v) is 3.34. The van der Waals surface area contributed by atoms with Gasteiger partial charge in [0.1, 0.15) is 11.5 Å². The second kappa shape index (κ2) is 4.94. The van der Waals surface area contributed by atoms with E-state index in [1.165, 1.54) is 0 Å². The Morgan fingerprint density at radius 1 is 1.18 bits per heavy atom. The van der Waals surface area contributed by atoms with E-state index in [1.54, 1.807) is 14.2 Å². The highest BCUT2D eigenvalue weighted by Crippen LogP contribution is 2.38. The second-order valence-corrected chi connectivity index (χ2v) is 4.35. The van der Waals surface area contributed by atoms with E-state index in [0.717, 1.165) is 30.2 Å². The number of piperidine rings is 1. The van der Waals surface area contributed by atoms with Gasteiger partial charge in [0.25, 0.3) is 0 Å². The van der Waals surface area contributed by atoms with Crippen LogP contribution in [0.1, 0.15) is 18.4 Å². The minimum absolute atomic E-state index is 0.691. The molecule has 4 heteroatoms. The Bertz CT molecular complexity index is 386. The maximum absolute atomic E-state index is 10.7. The molecule has 0 aromatic heterocycles. The first-order valence-corrected chi connectivity index (χ1v) is 5.85. The number of hydrogen-bond donors (Lipinski definition) is 2. The molecular weight excluding hydrogens is 218 g/mol. The summed E-state index contributed by atoms with van der Waals surface area (Å²) >= 11 is 0. The molecule has 0 spiro atoms. The Morgan fingerprint density at radius 2 is 1.88 bits per heavy atom. The van der Waals surface area contributed by atoms with Crippen molar-refractivity contribution in [2.45, 2.75) is 18.4 Å². The first kappa shape index (κ1) is 12.2. The van der Waals surface area contributed by atoms with Crippen LogP contribution < -0.4 is 14.8 Å². The summed E-state index contributed by atoms with van der Waals surface area (Å²) in [4.78, 5) is 0. The number of hydrogen-bond acceptors (Lipinski definition) is 4. The van der Waals surface area contributed by atoms with Crippen LogP contribution in [0.5, 0.6) is 11.5 Å². The monoisotopic (exact) mass is 237 g/mol. The summed E-state index contributed by atoms with van der Waals surface area (Å²) in [5.41, 5.74) is 0.00588. The molecule has 2 rings (SSSR count). The molecule has 17 heavy (non-hydrogen) atoms. The van der Waals surface area contributed by atoms with Crippen LogP contribution in [0.4, 0.5) is 0 Å². The van der Waals surface area contributed by atoms with Crippen molar-refractivity contribution in [1.29, 1.82) is 0 Å². The Balaban J connectivity index is 2.40. The molecule has 1 aliphatic heterocycles. The molecule has 1 aliphatic rings. The SMILES string of the molecule is COc1ccc(OC)c(C2(O)CCNCC2)c1. The number of nitrogens with one attached hydrogen (secondary N) is 1. The van der Waals surface area contributed by atoms with Gasteiger partial charge in [-0.1, -0.05) is 0 Å². The molecule has 0 saturated carbocycles. The van der Waals surface area contributed by atoms with Gasteiger partial charge >= 0.3 is 0 Å². The molecule has 1 aromatic rings. The van der Waals surface area contributed by atoms with E-state index in [-0.39, 0.29) is 0 Å². The fourth-order valence-electron chi connectivity index (χ4n) is 2.29. The minimum Gasteiger partial charge on any atom is -0.497 e. The van der Waals surface area contributed by atoms with Crippen LogP contribution in [0.3, 0.4) is 0 Å². The normalized spacial score (nSPS) is 18.8. The molecule has 1 fully saturated rings. The highest BCUT2D eigenvalue weighted by atomic mass is 16.5. The molecule has 1 aromatic carbocycles. The summed E-state index contributed by atoms with van der Waals surface area (Å²) in [6.07, 6.45) is 1.38. The third kappa shape index (κ3) is 2.37. The average molecular weight is 237 g/mol. The molecule has 94 valence electrons. The zero-order chi connectivity index (χ0) is 12.3. The Labute approximate surface area is 102 Å². The molecule has 0 bridgehead atoms. The van der Waals surface area contributed by atoms with Gasteiger partial charge in [-0.15, -0.1) is 0 Å². The van der Waals surface area contributed by atoms with E-state index >= 15 is 0 Å². The van der Waals surface area contributed by atoms with Crippen molar-refractivity contribution >= 4 is 0 Å². The average Bonchev–Trinajstić information content (AvgIpc) is 2.39. The van der Waals surface area contributed by atoms with Gasteiger partial charge in [0.15, 0.2) is 0 Å². The number of methoxy groups -OCH3 is 2. The number of ether oxygens (including phenoxy) is 2. The lowest BCUT2D eigenvalue weighted by atomic mass is 9.84. The van der Waals surface area contributed by atoms with Gasteiger partial charge in [-0.05, 0) is 44.1 Å². The van der Waals surface area contributed by atoms with Crippen molar-refractivity contribution in [2.75, 3.05) is 27.3 Å². The first-order chi connectivity index (χ1) is 8.19. The molecule has 1 heterocycles. The second-order valence-electron chi connectivity index (χ2n) is 4.35. The van der Waals surface area contributed by atoms with Crippen molar-refractivity contribution in [3.63, 3.8) is 0 Å². The fraction of sp³-hybridized carbons (Fsp3) is 0.538. The lowest BCUT2D eigenvalue weighted by Gasteiger charge is -2.34. The van der Waals surface area contributed by atoms with Gasteiger partial charge in [0.2, 0.25) is 0 Å². The predicted octanol–water partition coefficient (Wildman–Crippen LogP) is 1.27. The van der Waals surface area contributed by atoms with Crippen molar-refractivity contribution < 1.29 is 14.6 Å².